The van der Waals surface area contributed by atoms with E-state index >= 15 is 0 Å². The van der Waals surface area contributed by atoms with Crippen LogP contribution in [0.15, 0.2) is 48.5 Å². The third-order valence-electron chi connectivity index (χ3n) is 3.26. The molecule has 2 aromatic carbocycles. The average Bonchev–Trinajstić information content (AvgIpc) is 2.45. The van der Waals surface area contributed by atoms with Crippen LogP contribution in [0.25, 0.3) is 0 Å². The summed E-state index contributed by atoms with van der Waals surface area (Å²) in [6.45, 7) is 2.50. The van der Waals surface area contributed by atoms with Crippen molar-refractivity contribution in [2.24, 2.45) is 0 Å². The van der Waals surface area contributed by atoms with Gasteiger partial charge in [-0.1, -0.05) is 35.9 Å². The molecule has 5 heteroatoms. The van der Waals surface area contributed by atoms with E-state index in [4.69, 9.17) is 11.6 Å². The van der Waals surface area contributed by atoms with E-state index in [0.29, 0.717) is 11.6 Å². The van der Waals surface area contributed by atoms with Gasteiger partial charge in [-0.3, -0.25) is 0 Å². The Morgan fingerprint density at radius 3 is 2.10 bits per heavy atom. The van der Waals surface area contributed by atoms with Crippen molar-refractivity contribution in [1.82, 2.24) is 5.32 Å². The number of alkyl halides is 3. The van der Waals surface area contributed by atoms with Crippen molar-refractivity contribution in [1.29, 1.82) is 0 Å². The molecule has 1 N–H and O–H groups in total. The number of rotatable bonds is 4. The highest BCUT2D eigenvalue weighted by atomic mass is 35.5. The van der Waals surface area contributed by atoms with E-state index in [1.165, 1.54) is 12.1 Å². The predicted molar refractivity (Wildman–Crippen MR) is 78.2 cm³/mol. The van der Waals surface area contributed by atoms with Gasteiger partial charge < -0.3 is 5.32 Å². The summed E-state index contributed by atoms with van der Waals surface area (Å²) in [7, 11) is 0. The molecule has 0 aliphatic heterocycles. The molecule has 0 spiro atoms. The Balaban J connectivity index is 1.95. The van der Waals surface area contributed by atoms with Gasteiger partial charge in [0.1, 0.15) is 0 Å². The van der Waals surface area contributed by atoms with Crippen LogP contribution in [-0.2, 0) is 12.7 Å². The van der Waals surface area contributed by atoms with Gasteiger partial charge >= 0.3 is 6.18 Å². The first-order valence-electron chi connectivity index (χ1n) is 6.51. The number of hydrogen-bond acceptors (Lipinski definition) is 1. The van der Waals surface area contributed by atoms with Gasteiger partial charge in [0, 0.05) is 17.6 Å². The molecular weight excluding hydrogens is 299 g/mol. The molecule has 0 heterocycles. The van der Waals surface area contributed by atoms with E-state index in [-0.39, 0.29) is 6.04 Å². The van der Waals surface area contributed by atoms with Crippen molar-refractivity contribution in [3.8, 4) is 0 Å². The first kappa shape index (κ1) is 15.9. The van der Waals surface area contributed by atoms with Crippen LogP contribution in [-0.4, -0.2) is 0 Å². The van der Waals surface area contributed by atoms with Crippen LogP contribution in [0.3, 0.4) is 0 Å². The highest BCUT2D eigenvalue weighted by Gasteiger charge is 2.29. The number of benzene rings is 2. The maximum atomic E-state index is 12.5. The lowest BCUT2D eigenvalue weighted by Gasteiger charge is -2.15. The first-order chi connectivity index (χ1) is 9.86. The zero-order valence-electron chi connectivity index (χ0n) is 11.4. The molecule has 0 fully saturated rings. The number of nitrogens with one attached hydrogen (secondary N) is 1. The van der Waals surface area contributed by atoms with Gasteiger partial charge in [-0.05, 0) is 42.3 Å². The topological polar surface area (TPSA) is 12.0 Å². The van der Waals surface area contributed by atoms with Crippen LogP contribution in [0.4, 0.5) is 13.2 Å². The molecular formula is C16H15ClF3N. The first-order valence-corrected chi connectivity index (χ1v) is 6.89. The Morgan fingerprint density at radius 1 is 1.00 bits per heavy atom. The van der Waals surface area contributed by atoms with Gasteiger partial charge in [0.25, 0.3) is 0 Å². The Bertz CT molecular complexity index is 576. The molecule has 0 radical (unpaired) electrons. The minimum absolute atomic E-state index is 0.0876. The van der Waals surface area contributed by atoms with Gasteiger partial charge in [0.15, 0.2) is 0 Å². The molecule has 0 aliphatic rings. The van der Waals surface area contributed by atoms with Gasteiger partial charge in [0.2, 0.25) is 0 Å². The number of halogens is 4. The summed E-state index contributed by atoms with van der Waals surface area (Å²) in [6.07, 6.45) is -4.29. The normalized spacial score (nSPS) is 13.2. The molecule has 0 saturated heterocycles. The van der Waals surface area contributed by atoms with E-state index in [2.05, 4.69) is 5.32 Å². The van der Waals surface area contributed by atoms with Crippen LogP contribution in [0, 0.1) is 0 Å². The zero-order valence-corrected chi connectivity index (χ0v) is 12.2. The van der Waals surface area contributed by atoms with Crippen LogP contribution >= 0.6 is 11.6 Å². The summed E-state index contributed by atoms with van der Waals surface area (Å²) in [5, 5.41) is 3.94. The van der Waals surface area contributed by atoms with E-state index in [1.54, 1.807) is 0 Å². The van der Waals surface area contributed by atoms with Gasteiger partial charge in [-0.25, -0.2) is 0 Å². The quantitative estimate of drug-likeness (QED) is 0.817. The number of hydrogen-bond donors (Lipinski definition) is 1. The molecule has 0 amide bonds. The van der Waals surface area contributed by atoms with Crippen LogP contribution in [0.2, 0.25) is 5.02 Å². The molecule has 0 aromatic heterocycles. The molecule has 1 atom stereocenters. The fourth-order valence-electron chi connectivity index (χ4n) is 1.95. The minimum Gasteiger partial charge on any atom is -0.306 e. The second-order valence-electron chi connectivity index (χ2n) is 4.85. The van der Waals surface area contributed by atoms with Crippen LogP contribution in [0.5, 0.6) is 0 Å². The van der Waals surface area contributed by atoms with Gasteiger partial charge in [0.05, 0.1) is 5.56 Å². The van der Waals surface area contributed by atoms with Gasteiger partial charge in [-0.2, -0.15) is 13.2 Å². The van der Waals surface area contributed by atoms with Crippen LogP contribution in [0.1, 0.15) is 29.7 Å². The third kappa shape index (κ3) is 4.48. The van der Waals surface area contributed by atoms with Crippen molar-refractivity contribution in [3.63, 3.8) is 0 Å². The lowest BCUT2D eigenvalue weighted by molar-refractivity contribution is -0.137. The Kier molecular flexibility index (Phi) is 4.91. The Morgan fingerprint density at radius 2 is 1.57 bits per heavy atom. The average molecular weight is 314 g/mol. The molecule has 112 valence electrons. The molecule has 0 aliphatic carbocycles. The molecule has 1 nitrogen and oxygen atoms in total. The van der Waals surface area contributed by atoms with E-state index in [1.807, 2.05) is 31.2 Å². The van der Waals surface area contributed by atoms with Crippen LogP contribution < -0.4 is 5.32 Å². The summed E-state index contributed by atoms with van der Waals surface area (Å²) in [6, 6.07) is 12.7. The smallest absolute Gasteiger partial charge is 0.306 e. The Hall–Kier alpha value is -1.52. The van der Waals surface area contributed by atoms with E-state index < -0.39 is 11.7 Å². The second kappa shape index (κ2) is 6.50. The fourth-order valence-corrected chi connectivity index (χ4v) is 2.08. The fraction of sp³-hybridized carbons (Fsp3) is 0.250. The summed E-state index contributed by atoms with van der Waals surface area (Å²) in [4.78, 5) is 0. The molecule has 0 bridgehead atoms. The van der Waals surface area contributed by atoms with Crippen molar-refractivity contribution in [3.05, 3.63) is 70.2 Å². The van der Waals surface area contributed by atoms with E-state index in [0.717, 1.165) is 23.3 Å². The largest absolute Gasteiger partial charge is 0.416 e. The van der Waals surface area contributed by atoms with Crippen molar-refractivity contribution in [2.75, 3.05) is 0 Å². The standard InChI is InChI=1S/C16H15ClF3N/c1-11(13-4-8-15(17)9-5-13)21-10-12-2-6-14(7-3-12)16(18,19)20/h2-9,11,21H,10H2,1H3/t11-/m1/s1. The van der Waals surface area contributed by atoms with E-state index in [9.17, 15) is 13.2 Å². The Labute approximate surface area is 126 Å². The molecule has 2 aromatic rings. The SMILES string of the molecule is C[C@@H](NCc1ccc(C(F)(F)F)cc1)c1ccc(Cl)cc1. The van der Waals surface area contributed by atoms with Crippen molar-refractivity contribution >= 4 is 11.6 Å². The summed E-state index contributed by atoms with van der Waals surface area (Å²) < 4.78 is 37.4. The lowest BCUT2D eigenvalue weighted by atomic mass is 10.1. The molecule has 0 saturated carbocycles. The van der Waals surface area contributed by atoms with Crippen molar-refractivity contribution < 1.29 is 13.2 Å². The molecule has 0 unspecified atom stereocenters. The predicted octanol–water partition coefficient (Wildman–Crippen LogP) is 5.21. The zero-order chi connectivity index (χ0) is 15.5. The maximum Gasteiger partial charge on any atom is 0.416 e. The van der Waals surface area contributed by atoms with Crippen molar-refractivity contribution in [2.45, 2.75) is 25.7 Å². The molecule has 2 rings (SSSR count). The second-order valence-corrected chi connectivity index (χ2v) is 5.29. The third-order valence-corrected chi connectivity index (χ3v) is 3.52. The lowest BCUT2D eigenvalue weighted by Crippen LogP contribution is -2.18. The minimum atomic E-state index is -4.29. The molecule has 21 heavy (non-hydrogen) atoms. The highest BCUT2D eigenvalue weighted by molar-refractivity contribution is 6.30. The highest BCUT2D eigenvalue weighted by Crippen LogP contribution is 2.29. The summed E-state index contributed by atoms with van der Waals surface area (Å²) in [5.41, 5.74) is 1.26. The maximum absolute atomic E-state index is 12.5. The summed E-state index contributed by atoms with van der Waals surface area (Å²) in [5.74, 6) is 0. The van der Waals surface area contributed by atoms with Gasteiger partial charge in [-0.15, -0.1) is 0 Å². The monoisotopic (exact) mass is 313 g/mol. The summed E-state index contributed by atoms with van der Waals surface area (Å²) >= 11 is 5.83.